The minimum absolute atomic E-state index is 0.00137. The normalized spacial score (nSPS) is 10.3. The SMILES string of the molecule is NC(=O)c1c(F)cccc1CCCCOc1ccccc1. The van der Waals surface area contributed by atoms with Crippen molar-refractivity contribution in [3.05, 3.63) is 65.5 Å². The molecule has 0 saturated heterocycles. The van der Waals surface area contributed by atoms with Crippen LogP contribution in [0.15, 0.2) is 48.5 Å². The molecule has 3 nitrogen and oxygen atoms in total. The third kappa shape index (κ3) is 4.31. The number of benzene rings is 2. The fraction of sp³-hybridized carbons (Fsp3) is 0.235. The molecule has 2 aromatic rings. The maximum Gasteiger partial charge on any atom is 0.251 e. The second-order valence-electron chi connectivity index (χ2n) is 4.76. The summed E-state index contributed by atoms with van der Waals surface area (Å²) in [6, 6.07) is 14.2. The van der Waals surface area contributed by atoms with Crippen LogP contribution in [0.25, 0.3) is 0 Å². The molecule has 2 aromatic carbocycles. The Morgan fingerprint density at radius 2 is 1.81 bits per heavy atom. The molecule has 0 atom stereocenters. The lowest BCUT2D eigenvalue weighted by atomic mass is 10.0. The summed E-state index contributed by atoms with van der Waals surface area (Å²) >= 11 is 0. The maximum absolute atomic E-state index is 13.6. The predicted molar refractivity (Wildman–Crippen MR) is 79.8 cm³/mol. The lowest BCUT2D eigenvalue weighted by Gasteiger charge is -2.08. The summed E-state index contributed by atoms with van der Waals surface area (Å²) in [5, 5.41) is 0. The summed E-state index contributed by atoms with van der Waals surface area (Å²) < 4.78 is 19.2. The Morgan fingerprint density at radius 1 is 1.05 bits per heavy atom. The second-order valence-corrected chi connectivity index (χ2v) is 4.76. The third-order valence-electron chi connectivity index (χ3n) is 3.20. The molecular weight excluding hydrogens is 269 g/mol. The van der Waals surface area contributed by atoms with E-state index in [0.29, 0.717) is 18.6 Å². The summed E-state index contributed by atoms with van der Waals surface area (Å²) in [6.45, 7) is 0.589. The predicted octanol–water partition coefficient (Wildman–Crippen LogP) is 3.33. The van der Waals surface area contributed by atoms with Crippen LogP contribution < -0.4 is 10.5 Å². The molecule has 0 spiro atoms. The Labute approximate surface area is 123 Å². The molecule has 0 aliphatic heterocycles. The quantitative estimate of drug-likeness (QED) is 0.794. The number of hydrogen-bond donors (Lipinski definition) is 1. The molecule has 0 aliphatic carbocycles. The van der Waals surface area contributed by atoms with Gasteiger partial charge in [-0.05, 0) is 43.0 Å². The minimum atomic E-state index is -0.719. The summed E-state index contributed by atoms with van der Waals surface area (Å²) in [6.07, 6.45) is 2.23. The number of halogens is 1. The standard InChI is InChI=1S/C17H18FNO2/c18-15-11-6-8-13(16(15)17(19)20)7-4-5-12-21-14-9-2-1-3-10-14/h1-3,6,8-11H,4-5,7,12H2,(H2,19,20). The van der Waals surface area contributed by atoms with E-state index < -0.39 is 11.7 Å². The molecule has 0 unspecified atom stereocenters. The van der Waals surface area contributed by atoms with Crippen LogP contribution in [0, 0.1) is 5.82 Å². The Bertz CT molecular complexity index is 599. The molecule has 0 fully saturated rings. The average Bonchev–Trinajstić information content (AvgIpc) is 2.47. The highest BCUT2D eigenvalue weighted by Gasteiger charge is 2.13. The molecule has 0 saturated carbocycles. The van der Waals surface area contributed by atoms with Gasteiger partial charge in [-0.15, -0.1) is 0 Å². The fourth-order valence-corrected chi connectivity index (χ4v) is 2.18. The van der Waals surface area contributed by atoms with Crippen LogP contribution in [0.2, 0.25) is 0 Å². The van der Waals surface area contributed by atoms with E-state index in [2.05, 4.69) is 0 Å². The van der Waals surface area contributed by atoms with Gasteiger partial charge in [-0.3, -0.25) is 4.79 Å². The summed E-state index contributed by atoms with van der Waals surface area (Å²) in [4.78, 5) is 11.3. The largest absolute Gasteiger partial charge is 0.494 e. The number of nitrogens with two attached hydrogens (primary N) is 1. The van der Waals surface area contributed by atoms with Crippen molar-refractivity contribution in [3.63, 3.8) is 0 Å². The number of carbonyl (C=O) groups excluding carboxylic acids is 1. The number of rotatable bonds is 7. The molecule has 4 heteroatoms. The number of unbranched alkanes of at least 4 members (excludes halogenated alkanes) is 1. The lowest BCUT2D eigenvalue weighted by molar-refractivity contribution is 0.0995. The van der Waals surface area contributed by atoms with Gasteiger partial charge in [-0.1, -0.05) is 30.3 Å². The van der Waals surface area contributed by atoms with Gasteiger partial charge in [0.1, 0.15) is 11.6 Å². The van der Waals surface area contributed by atoms with Gasteiger partial charge in [0, 0.05) is 0 Å². The van der Waals surface area contributed by atoms with E-state index in [1.807, 2.05) is 30.3 Å². The monoisotopic (exact) mass is 287 g/mol. The Balaban J connectivity index is 1.81. The van der Waals surface area contributed by atoms with Gasteiger partial charge >= 0.3 is 0 Å². The van der Waals surface area contributed by atoms with Crippen molar-refractivity contribution in [1.82, 2.24) is 0 Å². The first-order valence-corrected chi connectivity index (χ1v) is 6.93. The van der Waals surface area contributed by atoms with Crippen LogP contribution in [0.1, 0.15) is 28.8 Å². The van der Waals surface area contributed by atoms with E-state index in [1.54, 1.807) is 12.1 Å². The van der Waals surface area contributed by atoms with Crippen LogP contribution in [-0.4, -0.2) is 12.5 Å². The zero-order valence-electron chi connectivity index (χ0n) is 11.7. The Morgan fingerprint density at radius 3 is 2.52 bits per heavy atom. The van der Waals surface area contributed by atoms with Crippen molar-refractivity contribution in [2.75, 3.05) is 6.61 Å². The number of primary amides is 1. The van der Waals surface area contributed by atoms with Crippen molar-refractivity contribution in [3.8, 4) is 5.75 Å². The zero-order valence-corrected chi connectivity index (χ0v) is 11.7. The Hall–Kier alpha value is -2.36. The topological polar surface area (TPSA) is 52.3 Å². The van der Waals surface area contributed by atoms with E-state index in [0.717, 1.165) is 18.6 Å². The first-order chi connectivity index (χ1) is 10.2. The summed E-state index contributed by atoms with van der Waals surface area (Å²) in [5.41, 5.74) is 5.87. The Kier molecular flexibility index (Phi) is 5.32. The molecule has 0 aliphatic rings. The van der Waals surface area contributed by atoms with Crippen molar-refractivity contribution >= 4 is 5.91 Å². The van der Waals surface area contributed by atoms with Crippen molar-refractivity contribution in [2.45, 2.75) is 19.3 Å². The molecule has 0 aromatic heterocycles. The second kappa shape index (κ2) is 7.43. The molecule has 21 heavy (non-hydrogen) atoms. The van der Waals surface area contributed by atoms with Gasteiger partial charge in [-0.2, -0.15) is 0 Å². The van der Waals surface area contributed by atoms with Crippen molar-refractivity contribution < 1.29 is 13.9 Å². The van der Waals surface area contributed by atoms with Crippen LogP contribution >= 0.6 is 0 Å². The van der Waals surface area contributed by atoms with Gasteiger partial charge in [0.2, 0.25) is 0 Å². The number of para-hydroxylation sites is 1. The highest BCUT2D eigenvalue weighted by atomic mass is 19.1. The van der Waals surface area contributed by atoms with Gasteiger partial charge in [0.25, 0.3) is 5.91 Å². The molecule has 2 N–H and O–H groups in total. The number of amides is 1. The van der Waals surface area contributed by atoms with Crippen molar-refractivity contribution in [2.24, 2.45) is 5.73 Å². The summed E-state index contributed by atoms with van der Waals surface area (Å²) in [7, 11) is 0. The van der Waals surface area contributed by atoms with Crippen LogP contribution in [-0.2, 0) is 6.42 Å². The van der Waals surface area contributed by atoms with E-state index >= 15 is 0 Å². The smallest absolute Gasteiger partial charge is 0.251 e. The molecule has 1 amide bonds. The fourth-order valence-electron chi connectivity index (χ4n) is 2.18. The van der Waals surface area contributed by atoms with Crippen LogP contribution in [0.5, 0.6) is 5.75 Å². The highest BCUT2D eigenvalue weighted by Crippen LogP contribution is 2.16. The van der Waals surface area contributed by atoms with E-state index in [4.69, 9.17) is 10.5 Å². The molecule has 0 radical (unpaired) electrons. The van der Waals surface area contributed by atoms with Gasteiger partial charge in [0.15, 0.2) is 0 Å². The molecular formula is C17H18FNO2. The third-order valence-corrected chi connectivity index (χ3v) is 3.20. The molecule has 0 bridgehead atoms. The van der Waals surface area contributed by atoms with E-state index in [9.17, 15) is 9.18 Å². The highest BCUT2D eigenvalue weighted by molar-refractivity contribution is 5.94. The summed E-state index contributed by atoms with van der Waals surface area (Å²) in [5.74, 6) is -0.440. The number of aryl methyl sites for hydroxylation is 1. The maximum atomic E-state index is 13.6. The average molecular weight is 287 g/mol. The number of hydrogen-bond acceptors (Lipinski definition) is 2. The molecule has 2 rings (SSSR count). The zero-order chi connectivity index (χ0) is 15.1. The molecule has 0 heterocycles. The van der Waals surface area contributed by atoms with E-state index in [-0.39, 0.29) is 5.56 Å². The number of carbonyl (C=O) groups is 1. The van der Waals surface area contributed by atoms with E-state index in [1.165, 1.54) is 6.07 Å². The minimum Gasteiger partial charge on any atom is -0.494 e. The van der Waals surface area contributed by atoms with Crippen LogP contribution in [0.4, 0.5) is 4.39 Å². The first kappa shape index (κ1) is 15.0. The number of ether oxygens (including phenoxy) is 1. The van der Waals surface area contributed by atoms with Gasteiger partial charge in [-0.25, -0.2) is 4.39 Å². The van der Waals surface area contributed by atoms with Crippen molar-refractivity contribution in [1.29, 1.82) is 0 Å². The first-order valence-electron chi connectivity index (χ1n) is 6.93. The van der Waals surface area contributed by atoms with Crippen LogP contribution in [0.3, 0.4) is 0 Å². The lowest BCUT2D eigenvalue weighted by Crippen LogP contribution is -2.16. The molecule has 110 valence electrons. The van der Waals surface area contributed by atoms with Gasteiger partial charge < -0.3 is 10.5 Å². The van der Waals surface area contributed by atoms with Gasteiger partial charge in [0.05, 0.1) is 12.2 Å².